The van der Waals surface area contributed by atoms with Gasteiger partial charge in [-0.15, -0.1) is 10.2 Å². The highest BCUT2D eigenvalue weighted by molar-refractivity contribution is 5.90. The van der Waals surface area contributed by atoms with Gasteiger partial charge in [-0.1, -0.05) is 42.5 Å². The smallest absolute Gasteiger partial charge is 0.358 e. The van der Waals surface area contributed by atoms with Gasteiger partial charge >= 0.3 is 5.97 Å². The van der Waals surface area contributed by atoms with Crippen molar-refractivity contribution in [2.45, 2.75) is 196 Å². The number of Topliss-reactive ketones (excluding diaryl/α,β-unsaturated/α-hetero) is 2. The van der Waals surface area contributed by atoms with Crippen molar-refractivity contribution in [2.24, 2.45) is 86.6 Å². The molecule has 2 aromatic heterocycles. The number of aromatic carboxylic acids is 1. The Morgan fingerprint density at radius 2 is 0.955 bits per heavy atom. The van der Waals surface area contributed by atoms with Crippen molar-refractivity contribution in [2.75, 3.05) is 0 Å². The van der Waals surface area contributed by atoms with Crippen molar-refractivity contribution in [1.82, 2.24) is 30.0 Å². The number of ketones is 2. The first-order valence-corrected chi connectivity index (χ1v) is 24.9. The van der Waals surface area contributed by atoms with Gasteiger partial charge in [0.2, 0.25) is 0 Å². The Hall–Kier alpha value is -3.52. The largest absolute Gasteiger partial charge is 0.476 e. The molecule has 66 heavy (non-hydrogen) atoms. The lowest BCUT2D eigenvalue weighted by Gasteiger charge is -2.61. The minimum Gasteiger partial charge on any atom is -0.476 e. The normalized spacial score (nSPS) is 44.2. The zero-order valence-corrected chi connectivity index (χ0v) is 39.3. The zero-order chi connectivity index (χ0) is 45.8. The summed E-state index contributed by atoms with van der Waals surface area (Å²) < 4.78 is 0. The third kappa shape index (κ3) is 8.52. The highest BCUT2D eigenvalue weighted by atomic mass is 16.4. The van der Waals surface area contributed by atoms with Gasteiger partial charge in [0, 0.05) is 11.8 Å². The number of aromatic nitrogens is 6. The Labute approximate surface area is 393 Å². The molecule has 1 amide bonds. The standard InChI is InChI=1S/C25H38N4O3.C25H37N3O4.2CH4/c1-23(32)10-11-24(2)15(12-23)4-5-16-17-6-7-19(25(17,3)9-8-18(16)24)21(30)14-29-27-13-20(28-29)22(26)31;1-23(32)10-11-24(2)15(12-23)4-5-16-17-6-7-19(25(17,3)9-8-18(16)24)21(29)14-28-26-13-20(27-28)22(30)31;;/h13,15-19,32H,4-12,14H2,1-3H3,(H2,26,31);13,15-19,32H,4-12,14H2,1-3H3,(H,30,31);2*1H4/t2*15-,16+,17+,18+,19-,23-,24+,25+;;/m11../s1. The second-order valence-electron chi connectivity index (χ2n) is 24.2. The number of aliphatic hydroxyl groups is 2. The summed E-state index contributed by atoms with van der Waals surface area (Å²) in [5, 5.41) is 46.5. The molecule has 8 aliphatic carbocycles. The third-order valence-electron chi connectivity index (χ3n) is 20.8. The van der Waals surface area contributed by atoms with Gasteiger partial charge in [-0.05, 0) is 198 Å². The van der Waals surface area contributed by atoms with Crippen molar-refractivity contribution >= 4 is 23.4 Å². The summed E-state index contributed by atoms with van der Waals surface area (Å²) >= 11 is 0. The summed E-state index contributed by atoms with van der Waals surface area (Å²) in [6.45, 7) is 13.9. The van der Waals surface area contributed by atoms with Gasteiger partial charge in [-0.25, -0.2) is 4.79 Å². The summed E-state index contributed by atoms with van der Waals surface area (Å²) in [6, 6.07) is 0. The first kappa shape index (κ1) is 50.4. The molecule has 8 saturated carbocycles. The molecule has 14 nitrogen and oxygen atoms in total. The number of hydrogen-bond acceptors (Lipinski definition) is 10. The van der Waals surface area contributed by atoms with Crippen molar-refractivity contribution in [3.63, 3.8) is 0 Å². The van der Waals surface area contributed by atoms with E-state index >= 15 is 0 Å². The van der Waals surface area contributed by atoms with Crippen molar-refractivity contribution in [1.29, 1.82) is 0 Å². The number of primary amides is 1. The van der Waals surface area contributed by atoms with Gasteiger partial charge < -0.3 is 21.1 Å². The van der Waals surface area contributed by atoms with Crippen LogP contribution in [0.4, 0.5) is 0 Å². The molecular weight excluding hydrogens is 835 g/mol. The quantitative estimate of drug-likeness (QED) is 0.197. The van der Waals surface area contributed by atoms with Crippen LogP contribution < -0.4 is 5.73 Å². The molecule has 8 fully saturated rings. The molecule has 0 saturated heterocycles. The third-order valence-corrected chi connectivity index (χ3v) is 20.8. The molecule has 0 bridgehead atoms. The van der Waals surface area contributed by atoms with Gasteiger partial charge in [0.05, 0.1) is 23.6 Å². The SMILES string of the molecule is C.C.C[C@@]1(O)CC[C@@]2(C)[C@H](CC[C@@H]3[C@@H]2CC[C@]2(C)[C@@H](C(=O)Cn4ncc(C(=O)O)n4)CC[C@@H]32)C1.C[C@@]1(O)CC[C@@]2(C)[C@H](CC[C@@H]3[C@@H]2CC[C@]2(C)[C@@H](C(=O)Cn4ncc(C(N)=O)n4)CC[C@@H]32)C1. The Morgan fingerprint density at radius 3 is 1.33 bits per heavy atom. The number of nitrogens with zero attached hydrogens (tertiary/aromatic N) is 6. The van der Waals surface area contributed by atoms with Crippen LogP contribution in [0.1, 0.15) is 193 Å². The summed E-state index contributed by atoms with van der Waals surface area (Å²) in [6.07, 6.45) is 22.0. The number of nitrogens with two attached hydrogens (primary N) is 1. The Bertz CT molecular complexity index is 2000. The van der Waals surface area contributed by atoms with Crippen molar-refractivity contribution in [3.8, 4) is 0 Å². The number of fused-ring (bicyclic) bond motifs is 10. The summed E-state index contributed by atoms with van der Waals surface area (Å²) in [5.41, 5.74) is 4.96. The van der Waals surface area contributed by atoms with Crippen LogP contribution in [-0.4, -0.2) is 80.0 Å². The maximum absolute atomic E-state index is 13.3. The lowest BCUT2D eigenvalue weighted by atomic mass is 9.44. The Morgan fingerprint density at radius 1 is 0.561 bits per heavy atom. The number of rotatable bonds is 8. The fourth-order valence-electron chi connectivity index (χ4n) is 17.4. The first-order chi connectivity index (χ1) is 30.1. The van der Waals surface area contributed by atoms with E-state index in [4.69, 9.17) is 10.8 Å². The van der Waals surface area contributed by atoms with E-state index < -0.39 is 23.1 Å². The molecule has 10 rings (SSSR count). The number of carboxylic acid groups (broad SMARTS) is 1. The minimum absolute atomic E-state index is 0. The average molecular weight is 918 g/mol. The van der Waals surface area contributed by atoms with Crippen LogP contribution in [0, 0.1) is 80.8 Å². The number of carbonyl (C=O) groups is 4. The predicted octanol–water partition coefficient (Wildman–Crippen LogP) is 8.58. The fraction of sp³-hybridized carbons (Fsp3) is 0.846. The molecule has 0 aliphatic heterocycles. The number of carboxylic acids is 1. The van der Waals surface area contributed by atoms with E-state index in [0.717, 1.165) is 83.0 Å². The van der Waals surface area contributed by atoms with Crippen molar-refractivity contribution in [3.05, 3.63) is 23.8 Å². The lowest BCUT2D eigenvalue weighted by molar-refractivity contribution is -0.151. The number of carbonyl (C=O) groups excluding carboxylic acids is 3. The predicted molar refractivity (Wildman–Crippen MR) is 251 cm³/mol. The maximum Gasteiger partial charge on any atom is 0.358 e. The van der Waals surface area contributed by atoms with Crippen LogP contribution in [0.15, 0.2) is 12.4 Å². The van der Waals surface area contributed by atoms with Gasteiger partial charge in [0.15, 0.2) is 23.0 Å². The first-order valence-electron chi connectivity index (χ1n) is 24.9. The molecule has 2 heterocycles. The van der Waals surface area contributed by atoms with Gasteiger partial charge in [-0.3, -0.25) is 14.4 Å². The summed E-state index contributed by atoms with van der Waals surface area (Å²) in [4.78, 5) is 51.6. The molecule has 0 radical (unpaired) electrons. The second-order valence-corrected chi connectivity index (χ2v) is 24.2. The molecule has 0 unspecified atom stereocenters. The monoisotopic (exact) mass is 918 g/mol. The highest BCUT2D eigenvalue weighted by Gasteiger charge is 2.63. The molecule has 368 valence electrons. The second kappa shape index (κ2) is 17.8. The van der Waals surface area contributed by atoms with Crippen LogP contribution >= 0.6 is 0 Å². The van der Waals surface area contributed by atoms with E-state index in [-0.39, 0.29) is 73.6 Å². The number of hydrogen-bond donors (Lipinski definition) is 4. The van der Waals surface area contributed by atoms with Gasteiger partial charge in [0.1, 0.15) is 13.1 Å². The summed E-state index contributed by atoms with van der Waals surface area (Å²) in [7, 11) is 0. The molecule has 16 atom stereocenters. The zero-order valence-electron chi connectivity index (χ0n) is 39.3. The van der Waals surface area contributed by atoms with E-state index in [1.54, 1.807) is 0 Å². The molecular formula is C52H83N7O7. The molecule has 5 N–H and O–H groups in total. The number of amides is 1. The van der Waals surface area contributed by atoms with E-state index in [1.807, 2.05) is 13.8 Å². The van der Waals surface area contributed by atoms with Crippen LogP contribution in [-0.2, 0) is 22.7 Å². The van der Waals surface area contributed by atoms with Crippen LogP contribution in [0.25, 0.3) is 0 Å². The molecule has 14 heteroatoms. The van der Waals surface area contributed by atoms with Gasteiger partial charge in [0.25, 0.3) is 5.91 Å². The Kier molecular flexibility index (Phi) is 13.6. The highest BCUT2D eigenvalue weighted by Crippen LogP contribution is 2.70. The molecule has 0 aromatic carbocycles. The van der Waals surface area contributed by atoms with E-state index in [2.05, 4.69) is 48.1 Å². The fourth-order valence-corrected chi connectivity index (χ4v) is 17.4. The molecule has 0 spiro atoms. The van der Waals surface area contributed by atoms with E-state index in [1.165, 1.54) is 60.5 Å². The average Bonchev–Trinajstić information content (AvgIpc) is 4.04. The maximum atomic E-state index is 13.3. The van der Waals surface area contributed by atoms with Crippen LogP contribution in [0.3, 0.4) is 0 Å². The Balaban J connectivity index is 0.000000191. The molecule has 8 aliphatic rings. The van der Waals surface area contributed by atoms with E-state index in [9.17, 15) is 29.4 Å². The van der Waals surface area contributed by atoms with Gasteiger partial charge in [-0.2, -0.15) is 19.8 Å². The van der Waals surface area contributed by atoms with Crippen LogP contribution in [0.5, 0.6) is 0 Å². The van der Waals surface area contributed by atoms with E-state index in [0.29, 0.717) is 52.3 Å². The lowest BCUT2D eigenvalue weighted by Crippen LogP contribution is -2.55. The van der Waals surface area contributed by atoms with Crippen molar-refractivity contribution < 1.29 is 34.5 Å². The summed E-state index contributed by atoms with van der Waals surface area (Å²) in [5.74, 6) is 3.85. The minimum atomic E-state index is -1.12. The van der Waals surface area contributed by atoms with Crippen LogP contribution in [0.2, 0.25) is 0 Å². The topological polar surface area (TPSA) is 216 Å². The molecule has 2 aromatic rings.